The molecule has 0 nitrogen and oxygen atoms in total. The fraction of sp³-hybridized carbons (Fsp3) is 0.600. The van der Waals surface area contributed by atoms with Gasteiger partial charge in [-0.3, -0.25) is 0 Å². The van der Waals surface area contributed by atoms with Crippen molar-refractivity contribution >= 4 is 0 Å². The molecule has 0 amide bonds. The molecule has 0 saturated heterocycles. The second-order valence-corrected chi connectivity index (χ2v) is 4.73. The fourth-order valence-corrected chi connectivity index (χ4v) is 1.85. The maximum absolute atomic E-state index is 7.57. The van der Waals surface area contributed by atoms with Gasteiger partial charge in [-0.2, -0.15) is 0 Å². The van der Waals surface area contributed by atoms with Crippen molar-refractivity contribution in [3.05, 3.63) is 36.0 Å². The minimum atomic E-state index is -1.94. The molecular formula is C15H24. The van der Waals surface area contributed by atoms with E-state index in [0.29, 0.717) is 23.8 Å². The van der Waals surface area contributed by atoms with Crippen molar-refractivity contribution in [1.82, 2.24) is 0 Å². The summed E-state index contributed by atoms with van der Waals surface area (Å²) < 4.78 is 22.7. The van der Waals surface area contributed by atoms with Crippen molar-refractivity contribution < 1.29 is 4.11 Å². The van der Waals surface area contributed by atoms with Crippen LogP contribution in [0.1, 0.15) is 50.5 Å². The second-order valence-electron chi connectivity index (χ2n) is 4.73. The molecular weight excluding hydrogens is 180 g/mol. The van der Waals surface area contributed by atoms with Gasteiger partial charge in [-0.15, -0.1) is 0 Å². The second kappa shape index (κ2) is 5.95. The fourth-order valence-electron chi connectivity index (χ4n) is 1.85. The molecule has 0 unspecified atom stereocenters. The van der Waals surface area contributed by atoms with Crippen molar-refractivity contribution in [2.24, 2.45) is 11.8 Å². The summed E-state index contributed by atoms with van der Waals surface area (Å²) >= 11 is 0. The average molecular weight is 207 g/mol. The van der Waals surface area contributed by atoms with Gasteiger partial charge >= 0.3 is 0 Å². The molecule has 0 aromatic rings. The standard InChI is InChI=1S/C15H24/c1-12(2)15-10-8-13(3)6-5-7-14(4)9-11-15/h7-8,10,12,15H,3,5-6,9,11H2,1-2,4H3/b10-8+,14-7+/t15-/m0/s1/i4D3. The first-order chi connectivity index (χ1) is 8.30. The third-order valence-corrected chi connectivity index (χ3v) is 3.04. The molecule has 15 heavy (non-hydrogen) atoms. The van der Waals surface area contributed by atoms with E-state index in [1.54, 1.807) is 0 Å². The Kier molecular flexibility index (Phi) is 3.32. The first kappa shape index (κ1) is 8.38. The minimum Gasteiger partial charge on any atom is -0.0958 e. The molecule has 0 fully saturated rings. The van der Waals surface area contributed by atoms with Crippen LogP contribution in [-0.4, -0.2) is 0 Å². The lowest BCUT2D eigenvalue weighted by Gasteiger charge is -2.18. The van der Waals surface area contributed by atoms with E-state index >= 15 is 0 Å². The highest BCUT2D eigenvalue weighted by atomic mass is 14.2. The number of hydrogen-bond donors (Lipinski definition) is 0. The van der Waals surface area contributed by atoms with Crippen LogP contribution in [0.4, 0.5) is 0 Å². The van der Waals surface area contributed by atoms with Gasteiger partial charge in [0.1, 0.15) is 0 Å². The van der Waals surface area contributed by atoms with E-state index in [4.69, 9.17) is 4.11 Å². The van der Waals surface area contributed by atoms with E-state index in [2.05, 4.69) is 32.6 Å². The van der Waals surface area contributed by atoms with Crippen LogP contribution in [0, 0.1) is 11.8 Å². The number of hydrogen-bond acceptors (Lipinski definition) is 0. The van der Waals surface area contributed by atoms with Crippen molar-refractivity contribution in [2.45, 2.75) is 46.4 Å². The lowest BCUT2D eigenvalue weighted by molar-refractivity contribution is 0.435. The van der Waals surface area contributed by atoms with Gasteiger partial charge in [0.25, 0.3) is 0 Å². The number of rotatable bonds is 1. The average Bonchev–Trinajstić information content (AvgIpc) is 2.24. The van der Waals surface area contributed by atoms with Crippen molar-refractivity contribution in [3.8, 4) is 0 Å². The van der Waals surface area contributed by atoms with Gasteiger partial charge in [-0.25, -0.2) is 0 Å². The molecule has 0 radical (unpaired) electrons. The van der Waals surface area contributed by atoms with Crippen LogP contribution in [0.2, 0.25) is 0 Å². The van der Waals surface area contributed by atoms with Crippen LogP contribution in [-0.2, 0) is 0 Å². The van der Waals surface area contributed by atoms with E-state index in [0.717, 1.165) is 24.8 Å². The molecule has 0 heteroatoms. The summed E-state index contributed by atoms with van der Waals surface area (Å²) in [6, 6.07) is 0. The molecule has 0 aliphatic heterocycles. The Labute approximate surface area is 99.0 Å². The third-order valence-electron chi connectivity index (χ3n) is 3.04. The smallest absolute Gasteiger partial charge is 0.0276 e. The molecule has 1 atom stereocenters. The zero-order chi connectivity index (χ0) is 13.8. The molecule has 0 bridgehead atoms. The molecule has 1 aliphatic carbocycles. The third kappa shape index (κ3) is 4.51. The highest BCUT2D eigenvalue weighted by molar-refractivity contribution is 5.17. The van der Waals surface area contributed by atoms with Gasteiger partial charge < -0.3 is 0 Å². The Bertz CT molecular complexity index is 345. The van der Waals surface area contributed by atoms with E-state index in [1.807, 2.05) is 6.08 Å². The molecule has 1 rings (SSSR count). The molecule has 1 aliphatic rings. The summed E-state index contributed by atoms with van der Waals surface area (Å²) in [5.41, 5.74) is 1.71. The van der Waals surface area contributed by atoms with Crippen molar-refractivity contribution in [1.29, 1.82) is 0 Å². The van der Waals surface area contributed by atoms with Gasteiger partial charge in [-0.05, 0) is 44.4 Å². The summed E-state index contributed by atoms with van der Waals surface area (Å²) in [6.45, 7) is 6.44. The largest absolute Gasteiger partial charge is 0.0958 e. The van der Waals surface area contributed by atoms with Crippen LogP contribution in [0.15, 0.2) is 36.0 Å². The van der Waals surface area contributed by atoms with E-state index < -0.39 is 6.85 Å². The van der Waals surface area contributed by atoms with Crippen molar-refractivity contribution in [3.63, 3.8) is 0 Å². The van der Waals surface area contributed by atoms with Crippen LogP contribution >= 0.6 is 0 Å². The predicted octanol–water partition coefficient (Wildman–Crippen LogP) is 4.89. The van der Waals surface area contributed by atoms with Gasteiger partial charge in [0, 0.05) is 4.11 Å². The molecule has 0 saturated carbocycles. The van der Waals surface area contributed by atoms with Gasteiger partial charge in [0.2, 0.25) is 0 Å². The summed E-state index contributed by atoms with van der Waals surface area (Å²) in [5.74, 6) is 0.969. The van der Waals surface area contributed by atoms with E-state index in [1.165, 1.54) is 0 Å². The Balaban J connectivity index is 2.87. The highest BCUT2D eigenvalue weighted by Crippen LogP contribution is 2.24. The van der Waals surface area contributed by atoms with Crippen LogP contribution < -0.4 is 0 Å². The molecule has 0 heterocycles. The van der Waals surface area contributed by atoms with Gasteiger partial charge in [0.05, 0.1) is 0 Å². The van der Waals surface area contributed by atoms with E-state index in [-0.39, 0.29) is 0 Å². The first-order valence-corrected chi connectivity index (χ1v) is 5.86. The summed E-state index contributed by atoms with van der Waals surface area (Å²) in [4.78, 5) is 0. The Hall–Kier alpha value is -0.780. The lowest BCUT2D eigenvalue weighted by atomic mass is 9.88. The molecule has 0 aromatic heterocycles. The summed E-state index contributed by atoms with van der Waals surface area (Å²) in [6.07, 6.45) is 9.43. The normalized spacial score (nSPS) is 33.5. The first-order valence-electron chi connectivity index (χ1n) is 7.36. The quantitative estimate of drug-likeness (QED) is 0.537. The predicted molar refractivity (Wildman–Crippen MR) is 68.8 cm³/mol. The SMILES string of the molecule is [2H]C([2H])([2H])/C1=C\CCC(=C)/C=C/[C@H](C(C)C)CC1. The topological polar surface area (TPSA) is 0 Å². The Morgan fingerprint density at radius 1 is 1.47 bits per heavy atom. The van der Waals surface area contributed by atoms with Gasteiger partial charge in [-0.1, -0.05) is 49.8 Å². The highest BCUT2D eigenvalue weighted by Gasteiger charge is 2.10. The molecule has 0 spiro atoms. The van der Waals surface area contributed by atoms with Crippen molar-refractivity contribution in [2.75, 3.05) is 0 Å². The maximum Gasteiger partial charge on any atom is 0.0276 e. The minimum absolute atomic E-state index is 0.436. The van der Waals surface area contributed by atoms with E-state index in [9.17, 15) is 0 Å². The lowest BCUT2D eigenvalue weighted by Crippen LogP contribution is -2.06. The van der Waals surface area contributed by atoms with Gasteiger partial charge in [0.15, 0.2) is 0 Å². The maximum atomic E-state index is 7.57. The summed E-state index contributed by atoms with van der Waals surface area (Å²) in [5, 5.41) is 0. The Morgan fingerprint density at radius 3 is 2.93 bits per heavy atom. The summed E-state index contributed by atoms with van der Waals surface area (Å²) in [7, 11) is 0. The number of allylic oxidation sites excluding steroid dienone is 5. The molecule has 0 N–H and O–H groups in total. The molecule has 84 valence electrons. The monoisotopic (exact) mass is 207 g/mol. The van der Waals surface area contributed by atoms with Crippen LogP contribution in [0.3, 0.4) is 0 Å². The molecule has 0 aromatic carbocycles. The van der Waals surface area contributed by atoms with Crippen LogP contribution in [0.25, 0.3) is 0 Å². The zero-order valence-corrected chi connectivity index (χ0v) is 9.92. The zero-order valence-electron chi connectivity index (χ0n) is 12.9. The Morgan fingerprint density at radius 2 is 2.27 bits per heavy atom. The van der Waals surface area contributed by atoms with Crippen LogP contribution in [0.5, 0.6) is 0 Å².